The maximum atomic E-state index is 12.9. The van der Waals surface area contributed by atoms with E-state index >= 15 is 0 Å². The van der Waals surface area contributed by atoms with Crippen LogP contribution < -0.4 is 4.74 Å². The molecule has 0 N–H and O–H groups in total. The van der Waals surface area contributed by atoms with Gasteiger partial charge < -0.3 is 4.74 Å². The summed E-state index contributed by atoms with van der Waals surface area (Å²) in [5, 5.41) is 8.43. The zero-order valence-electron chi connectivity index (χ0n) is 16.5. The normalized spacial score (nSPS) is 11.6. The fourth-order valence-electron chi connectivity index (χ4n) is 2.69. The van der Waals surface area contributed by atoms with E-state index in [0.29, 0.717) is 11.3 Å². The van der Waals surface area contributed by atoms with Gasteiger partial charge in [-0.15, -0.1) is 5.10 Å². The largest absolute Gasteiger partial charge is 0.494 e. The highest BCUT2D eigenvalue weighted by molar-refractivity contribution is 6.51. The highest BCUT2D eigenvalue weighted by atomic mass is 16.5. The Morgan fingerprint density at radius 3 is 2.10 bits per heavy atom. The monoisotopic (exact) mass is 384 g/mol. The van der Waals surface area contributed by atoms with Crippen molar-refractivity contribution < 1.29 is 9.53 Å². The van der Waals surface area contributed by atoms with Gasteiger partial charge in [-0.2, -0.15) is 5.10 Å². The van der Waals surface area contributed by atoms with Gasteiger partial charge in [-0.3, -0.25) is 4.79 Å². The highest BCUT2D eigenvalue weighted by Crippen LogP contribution is 2.12. The van der Waals surface area contributed by atoms with Crippen LogP contribution in [0.5, 0.6) is 5.75 Å². The van der Waals surface area contributed by atoms with Crippen LogP contribution in [0.1, 0.15) is 41.3 Å². The summed E-state index contributed by atoms with van der Waals surface area (Å²) in [7, 11) is 0. The minimum Gasteiger partial charge on any atom is -0.494 e. The minimum absolute atomic E-state index is 0.159. The molecule has 0 unspecified atom stereocenters. The molecular formula is C25H24N2O2. The fraction of sp³-hybridized carbons (Fsp3) is 0.160. The summed E-state index contributed by atoms with van der Waals surface area (Å²) in [6, 6.07) is 26.1. The lowest BCUT2D eigenvalue weighted by molar-refractivity contribution is 0.106. The smallest absolute Gasteiger partial charge is 0.213 e. The van der Waals surface area contributed by atoms with Gasteiger partial charge in [0.1, 0.15) is 11.5 Å². The summed E-state index contributed by atoms with van der Waals surface area (Å²) >= 11 is 0. The van der Waals surface area contributed by atoms with Crippen molar-refractivity contribution in [1.82, 2.24) is 0 Å². The summed E-state index contributed by atoms with van der Waals surface area (Å²) in [5.41, 5.74) is 2.51. The Labute approximate surface area is 171 Å². The molecule has 4 nitrogen and oxygen atoms in total. The quantitative estimate of drug-likeness (QED) is 0.209. The van der Waals surface area contributed by atoms with E-state index in [1.54, 1.807) is 18.3 Å². The molecule has 0 aromatic heterocycles. The Hall–Kier alpha value is -3.53. The van der Waals surface area contributed by atoms with E-state index in [1.165, 1.54) is 0 Å². The molecule has 0 saturated carbocycles. The van der Waals surface area contributed by atoms with Gasteiger partial charge in [-0.1, -0.05) is 74.0 Å². The second-order valence-corrected chi connectivity index (χ2v) is 6.53. The van der Waals surface area contributed by atoms with Crippen LogP contribution in [-0.2, 0) is 0 Å². The minimum atomic E-state index is -0.159. The van der Waals surface area contributed by atoms with Crippen molar-refractivity contribution in [2.75, 3.05) is 6.61 Å². The fourth-order valence-corrected chi connectivity index (χ4v) is 2.69. The molecular weight excluding hydrogens is 360 g/mol. The van der Waals surface area contributed by atoms with E-state index in [2.05, 4.69) is 17.1 Å². The van der Waals surface area contributed by atoms with Gasteiger partial charge in [0.05, 0.1) is 12.8 Å². The molecule has 0 bridgehead atoms. The van der Waals surface area contributed by atoms with Gasteiger partial charge in [0.15, 0.2) is 0 Å². The third-order valence-corrected chi connectivity index (χ3v) is 4.31. The maximum absolute atomic E-state index is 12.9. The summed E-state index contributed by atoms with van der Waals surface area (Å²) in [4.78, 5) is 12.9. The number of unbranched alkanes of at least 4 members (excludes halogenated alkanes) is 1. The van der Waals surface area contributed by atoms with Crippen molar-refractivity contribution in [2.24, 2.45) is 10.2 Å². The van der Waals surface area contributed by atoms with Crippen molar-refractivity contribution in [2.45, 2.75) is 19.8 Å². The van der Waals surface area contributed by atoms with Crippen LogP contribution in [0.15, 0.2) is 95.1 Å². The molecule has 0 spiro atoms. The molecule has 0 saturated heterocycles. The van der Waals surface area contributed by atoms with Crippen molar-refractivity contribution in [3.63, 3.8) is 0 Å². The van der Waals surface area contributed by atoms with E-state index in [4.69, 9.17) is 4.74 Å². The van der Waals surface area contributed by atoms with E-state index in [0.717, 1.165) is 36.3 Å². The van der Waals surface area contributed by atoms with E-state index in [9.17, 15) is 4.79 Å². The molecule has 146 valence electrons. The zero-order chi connectivity index (χ0) is 20.3. The summed E-state index contributed by atoms with van der Waals surface area (Å²) in [6.07, 6.45) is 3.78. The van der Waals surface area contributed by atoms with Crippen LogP contribution in [-0.4, -0.2) is 24.3 Å². The lowest BCUT2D eigenvalue weighted by atomic mass is 10.0. The number of nitrogens with zero attached hydrogens (tertiary/aromatic N) is 2. The number of rotatable bonds is 9. The molecule has 29 heavy (non-hydrogen) atoms. The van der Waals surface area contributed by atoms with Gasteiger partial charge in [0.25, 0.3) is 0 Å². The third kappa shape index (κ3) is 5.98. The number of hydrogen-bond acceptors (Lipinski definition) is 4. The van der Waals surface area contributed by atoms with E-state index in [-0.39, 0.29) is 5.78 Å². The molecule has 0 amide bonds. The molecule has 0 heterocycles. The molecule has 0 aliphatic heterocycles. The molecule has 0 aliphatic carbocycles. The molecule has 3 aromatic carbocycles. The van der Waals surface area contributed by atoms with Crippen LogP contribution in [0.25, 0.3) is 0 Å². The van der Waals surface area contributed by atoms with Gasteiger partial charge in [-0.25, -0.2) is 0 Å². The standard InChI is InChI=1S/C25H24N2O2/c1-2-3-18-29-23-16-14-20(15-17-23)19-26-27-24(21-10-6-4-7-11-21)25(28)22-12-8-5-9-13-22/h4-17,19H,2-3,18H2,1H3. The van der Waals surface area contributed by atoms with E-state index < -0.39 is 0 Å². The predicted octanol–water partition coefficient (Wildman–Crippen LogP) is 5.57. The first-order valence-corrected chi connectivity index (χ1v) is 9.77. The Balaban J connectivity index is 1.78. The van der Waals surface area contributed by atoms with Crippen LogP contribution in [0, 0.1) is 0 Å². The number of carbonyl (C=O) groups excluding carboxylic acids is 1. The number of Topliss-reactive ketones (excluding diaryl/α,β-unsaturated/α-hetero) is 1. The number of ketones is 1. The molecule has 0 fully saturated rings. The number of hydrogen-bond donors (Lipinski definition) is 0. The Morgan fingerprint density at radius 1 is 0.862 bits per heavy atom. The molecule has 3 rings (SSSR count). The summed E-state index contributed by atoms with van der Waals surface area (Å²) in [5.74, 6) is 0.678. The van der Waals surface area contributed by atoms with Gasteiger partial charge >= 0.3 is 0 Å². The number of carbonyl (C=O) groups is 1. The van der Waals surface area contributed by atoms with Gasteiger partial charge in [0, 0.05) is 11.1 Å². The Bertz CT molecular complexity index is 963. The predicted molar refractivity (Wildman–Crippen MR) is 118 cm³/mol. The SMILES string of the molecule is CCCCOc1ccc(C=NN=C(C(=O)c2ccccc2)c2ccccc2)cc1. The van der Waals surface area contributed by atoms with Gasteiger partial charge in [0.2, 0.25) is 5.78 Å². The average Bonchev–Trinajstić information content (AvgIpc) is 2.79. The van der Waals surface area contributed by atoms with E-state index in [1.807, 2.05) is 72.8 Å². The van der Waals surface area contributed by atoms with Crippen LogP contribution in [0.3, 0.4) is 0 Å². The van der Waals surface area contributed by atoms with Crippen molar-refractivity contribution >= 4 is 17.7 Å². The summed E-state index contributed by atoms with van der Waals surface area (Å²) < 4.78 is 5.67. The van der Waals surface area contributed by atoms with Crippen molar-refractivity contribution in [1.29, 1.82) is 0 Å². The molecule has 0 radical (unpaired) electrons. The highest BCUT2D eigenvalue weighted by Gasteiger charge is 2.15. The van der Waals surface area contributed by atoms with Crippen molar-refractivity contribution in [3.8, 4) is 5.75 Å². The molecule has 3 aromatic rings. The first-order chi connectivity index (χ1) is 14.3. The number of ether oxygens (including phenoxy) is 1. The number of benzene rings is 3. The van der Waals surface area contributed by atoms with Crippen LogP contribution in [0.2, 0.25) is 0 Å². The second-order valence-electron chi connectivity index (χ2n) is 6.53. The third-order valence-electron chi connectivity index (χ3n) is 4.31. The maximum Gasteiger partial charge on any atom is 0.213 e. The van der Waals surface area contributed by atoms with Gasteiger partial charge in [-0.05, 0) is 36.2 Å². The Kier molecular flexibility index (Phi) is 7.47. The first kappa shape index (κ1) is 20.2. The lowest BCUT2D eigenvalue weighted by Crippen LogP contribution is -2.15. The molecule has 0 aliphatic rings. The molecule has 4 heteroatoms. The van der Waals surface area contributed by atoms with Crippen molar-refractivity contribution in [3.05, 3.63) is 102 Å². The second kappa shape index (κ2) is 10.7. The topological polar surface area (TPSA) is 51.0 Å². The van der Waals surface area contributed by atoms with Crippen LogP contribution >= 0.6 is 0 Å². The zero-order valence-corrected chi connectivity index (χ0v) is 16.5. The summed E-state index contributed by atoms with van der Waals surface area (Å²) in [6.45, 7) is 2.85. The van der Waals surface area contributed by atoms with Crippen LogP contribution in [0.4, 0.5) is 0 Å². The lowest BCUT2D eigenvalue weighted by Gasteiger charge is -2.05. The Morgan fingerprint density at radius 2 is 1.48 bits per heavy atom. The average molecular weight is 384 g/mol. The molecule has 0 atom stereocenters. The first-order valence-electron chi connectivity index (χ1n) is 9.77.